The minimum atomic E-state index is 0.288. The molecule has 0 amide bonds. The first kappa shape index (κ1) is 12.6. The molecule has 1 nitrogen and oxygen atoms in total. The van der Waals surface area contributed by atoms with Gasteiger partial charge in [-0.25, -0.2) is 4.98 Å². The molecular formula is C15H20NS. The van der Waals surface area contributed by atoms with Crippen molar-refractivity contribution in [3.8, 4) is 0 Å². The van der Waals surface area contributed by atoms with E-state index in [0.29, 0.717) is 5.92 Å². The largest absolute Gasteiger partial charge is 0.241 e. The first-order chi connectivity index (χ1) is 7.97. The Hall–Kier alpha value is -0.890. The second kappa shape index (κ2) is 4.77. The number of nitrogens with zero attached hydrogens (tertiary/aromatic N) is 1. The van der Waals surface area contributed by atoms with E-state index in [1.165, 1.54) is 9.71 Å². The Bertz CT molecular complexity index is 460. The van der Waals surface area contributed by atoms with E-state index in [1.807, 2.05) is 17.4 Å². The molecule has 1 unspecified atom stereocenters. The van der Waals surface area contributed by atoms with Crippen molar-refractivity contribution in [1.29, 1.82) is 0 Å². The quantitative estimate of drug-likeness (QED) is 0.763. The van der Waals surface area contributed by atoms with Gasteiger partial charge in [0, 0.05) is 0 Å². The molecule has 0 saturated heterocycles. The lowest BCUT2D eigenvalue weighted by atomic mass is 9.79. The van der Waals surface area contributed by atoms with Crippen LogP contribution in [-0.2, 0) is 6.42 Å². The highest BCUT2D eigenvalue weighted by Crippen LogP contribution is 2.30. The Morgan fingerprint density at radius 1 is 1.29 bits per heavy atom. The SMILES string of the molecule is [CH2]C(CCc1nc2ccccc2s1)C(C)(C)C. The molecule has 0 aliphatic carbocycles. The van der Waals surface area contributed by atoms with Crippen molar-refractivity contribution in [2.75, 3.05) is 0 Å². The van der Waals surface area contributed by atoms with Crippen molar-refractivity contribution in [2.24, 2.45) is 11.3 Å². The smallest absolute Gasteiger partial charge is 0.0938 e. The maximum absolute atomic E-state index is 4.66. The number of hydrogen-bond acceptors (Lipinski definition) is 2. The van der Waals surface area contributed by atoms with Crippen LogP contribution in [0.25, 0.3) is 10.2 Å². The Balaban J connectivity index is 2.04. The van der Waals surface area contributed by atoms with Crippen molar-refractivity contribution in [3.63, 3.8) is 0 Å². The van der Waals surface area contributed by atoms with E-state index in [2.05, 4.69) is 50.9 Å². The van der Waals surface area contributed by atoms with E-state index in [4.69, 9.17) is 0 Å². The summed E-state index contributed by atoms with van der Waals surface area (Å²) >= 11 is 1.81. The van der Waals surface area contributed by atoms with Gasteiger partial charge in [-0.05, 0) is 43.2 Å². The van der Waals surface area contributed by atoms with Gasteiger partial charge in [-0.3, -0.25) is 0 Å². The highest BCUT2D eigenvalue weighted by molar-refractivity contribution is 7.18. The van der Waals surface area contributed by atoms with Gasteiger partial charge in [0.25, 0.3) is 0 Å². The molecule has 1 aromatic carbocycles. The summed E-state index contributed by atoms with van der Waals surface area (Å²) in [4.78, 5) is 4.66. The number of rotatable bonds is 3. The summed E-state index contributed by atoms with van der Waals surface area (Å²) in [5.74, 6) is 0.481. The highest BCUT2D eigenvalue weighted by Gasteiger charge is 2.20. The van der Waals surface area contributed by atoms with E-state index >= 15 is 0 Å². The zero-order valence-corrected chi connectivity index (χ0v) is 11.7. The first-order valence-electron chi connectivity index (χ1n) is 6.14. The lowest BCUT2D eigenvalue weighted by Crippen LogP contribution is -2.18. The zero-order valence-electron chi connectivity index (χ0n) is 10.9. The molecule has 1 atom stereocenters. The summed E-state index contributed by atoms with van der Waals surface area (Å²) in [5.41, 5.74) is 1.42. The maximum Gasteiger partial charge on any atom is 0.0938 e. The number of benzene rings is 1. The molecule has 17 heavy (non-hydrogen) atoms. The molecule has 91 valence electrons. The number of aryl methyl sites for hydroxylation is 1. The molecule has 2 aromatic rings. The van der Waals surface area contributed by atoms with Crippen LogP contribution in [-0.4, -0.2) is 4.98 Å². The Morgan fingerprint density at radius 3 is 2.65 bits per heavy atom. The number of para-hydroxylation sites is 1. The molecule has 0 spiro atoms. The van der Waals surface area contributed by atoms with Crippen molar-refractivity contribution >= 4 is 21.6 Å². The Labute approximate surface area is 108 Å². The summed E-state index contributed by atoms with van der Waals surface area (Å²) < 4.78 is 1.29. The fraction of sp³-hybridized carbons (Fsp3) is 0.467. The van der Waals surface area contributed by atoms with Gasteiger partial charge in [-0.15, -0.1) is 11.3 Å². The lowest BCUT2D eigenvalue weighted by Gasteiger charge is -2.26. The first-order valence-corrected chi connectivity index (χ1v) is 6.96. The van der Waals surface area contributed by atoms with Crippen molar-refractivity contribution in [2.45, 2.75) is 33.6 Å². The van der Waals surface area contributed by atoms with Crippen LogP contribution in [0, 0.1) is 18.3 Å². The van der Waals surface area contributed by atoms with Gasteiger partial charge >= 0.3 is 0 Å². The monoisotopic (exact) mass is 246 g/mol. The fourth-order valence-corrected chi connectivity index (χ4v) is 2.74. The van der Waals surface area contributed by atoms with E-state index in [9.17, 15) is 0 Å². The second-order valence-corrected chi connectivity index (χ2v) is 6.79. The summed E-state index contributed by atoms with van der Waals surface area (Å²) in [5, 5.41) is 1.24. The van der Waals surface area contributed by atoms with Crippen LogP contribution < -0.4 is 0 Å². The molecule has 0 fully saturated rings. The van der Waals surface area contributed by atoms with Crippen LogP contribution >= 0.6 is 11.3 Å². The second-order valence-electron chi connectivity index (χ2n) is 5.68. The predicted octanol–water partition coefficient (Wildman–Crippen LogP) is 4.73. The topological polar surface area (TPSA) is 12.9 Å². The molecular weight excluding hydrogens is 226 g/mol. The molecule has 2 heteroatoms. The van der Waals surface area contributed by atoms with Gasteiger partial charge in [0.05, 0.1) is 15.2 Å². The zero-order chi connectivity index (χ0) is 12.5. The van der Waals surface area contributed by atoms with Gasteiger partial charge in [-0.1, -0.05) is 32.9 Å². The van der Waals surface area contributed by atoms with E-state index in [0.717, 1.165) is 18.4 Å². The van der Waals surface area contributed by atoms with Gasteiger partial charge in [0.2, 0.25) is 0 Å². The summed E-state index contributed by atoms with van der Waals surface area (Å²) in [6.45, 7) is 11.0. The summed E-state index contributed by atoms with van der Waals surface area (Å²) in [6, 6.07) is 8.34. The van der Waals surface area contributed by atoms with Crippen molar-refractivity contribution < 1.29 is 0 Å². The highest BCUT2D eigenvalue weighted by atomic mass is 32.1. The van der Waals surface area contributed by atoms with Crippen LogP contribution in [0.5, 0.6) is 0 Å². The molecule has 0 aliphatic rings. The molecule has 0 aliphatic heterocycles. The van der Waals surface area contributed by atoms with Gasteiger partial charge in [0.15, 0.2) is 0 Å². The molecule has 0 saturated carbocycles. The van der Waals surface area contributed by atoms with Crippen molar-refractivity contribution in [3.05, 3.63) is 36.2 Å². The molecule has 1 aromatic heterocycles. The standard InChI is InChI=1S/C15H20NS/c1-11(15(2,3)4)9-10-14-16-12-7-5-6-8-13(12)17-14/h5-8,11H,1,9-10H2,2-4H3. The Morgan fingerprint density at radius 2 is 2.00 bits per heavy atom. The third-order valence-corrected chi connectivity index (χ3v) is 4.37. The summed E-state index contributed by atoms with van der Waals surface area (Å²) in [7, 11) is 0. The minimum absolute atomic E-state index is 0.288. The van der Waals surface area contributed by atoms with Gasteiger partial charge in [-0.2, -0.15) is 0 Å². The van der Waals surface area contributed by atoms with Crippen molar-refractivity contribution in [1.82, 2.24) is 4.98 Å². The normalized spacial score (nSPS) is 14.1. The van der Waals surface area contributed by atoms with Crippen LogP contribution in [0.15, 0.2) is 24.3 Å². The van der Waals surface area contributed by atoms with Gasteiger partial charge < -0.3 is 0 Å². The van der Waals surface area contributed by atoms with E-state index < -0.39 is 0 Å². The summed E-state index contributed by atoms with van der Waals surface area (Å²) in [6.07, 6.45) is 2.16. The molecule has 0 bridgehead atoms. The van der Waals surface area contributed by atoms with Gasteiger partial charge in [0.1, 0.15) is 0 Å². The van der Waals surface area contributed by atoms with Crippen LogP contribution in [0.1, 0.15) is 32.2 Å². The third-order valence-electron chi connectivity index (χ3n) is 3.27. The van der Waals surface area contributed by atoms with Crippen LogP contribution in [0.3, 0.4) is 0 Å². The fourth-order valence-electron chi connectivity index (χ4n) is 1.76. The molecule has 1 heterocycles. The predicted molar refractivity (Wildman–Crippen MR) is 76.2 cm³/mol. The molecule has 2 rings (SSSR count). The number of thiazole rings is 1. The average Bonchev–Trinajstić information content (AvgIpc) is 2.66. The van der Waals surface area contributed by atoms with E-state index in [1.54, 1.807) is 0 Å². The molecule has 0 N–H and O–H groups in total. The Kier molecular flexibility index (Phi) is 3.53. The molecule has 1 radical (unpaired) electrons. The third kappa shape index (κ3) is 3.06. The minimum Gasteiger partial charge on any atom is -0.241 e. The van der Waals surface area contributed by atoms with Crippen LogP contribution in [0.2, 0.25) is 0 Å². The van der Waals surface area contributed by atoms with Crippen LogP contribution in [0.4, 0.5) is 0 Å². The lowest BCUT2D eigenvalue weighted by molar-refractivity contribution is 0.275. The van der Waals surface area contributed by atoms with E-state index in [-0.39, 0.29) is 5.41 Å². The number of fused-ring (bicyclic) bond motifs is 1. The number of hydrogen-bond donors (Lipinski definition) is 0. The maximum atomic E-state index is 4.66. The average molecular weight is 246 g/mol. The number of aromatic nitrogens is 1.